The third-order valence-electron chi connectivity index (χ3n) is 5.48. The lowest BCUT2D eigenvalue weighted by molar-refractivity contribution is -0.139. The van der Waals surface area contributed by atoms with Crippen LogP contribution in [0, 0.1) is 0 Å². The molecule has 1 amide bonds. The van der Waals surface area contributed by atoms with Crippen molar-refractivity contribution in [3.63, 3.8) is 0 Å². The van der Waals surface area contributed by atoms with Gasteiger partial charge in [0.1, 0.15) is 11.5 Å². The fourth-order valence-corrected chi connectivity index (χ4v) is 4.11. The maximum Gasteiger partial charge on any atom is 0.264 e. The van der Waals surface area contributed by atoms with E-state index in [4.69, 9.17) is 9.25 Å². The molecule has 1 unspecified atom stereocenters. The van der Waals surface area contributed by atoms with Gasteiger partial charge in [-0.2, -0.15) is 0 Å². The molecule has 1 heterocycles. The van der Waals surface area contributed by atoms with Crippen LogP contribution in [0.1, 0.15) is 28.5 Å². The van der Waals surface area contributed by atoms with E-state index in [1.165, 1.54) is 6.21 Å². The molecule has 0 bridgehead atoms. The standard InChI is InChI=1S/C28H25BrN2O4/c29-24-13-14-26(32)23(17-24)18-30-35-20-28(33)31(19-22-10-5-2-6-11-22)25(27-12-7-15-34-27)16-21-8-3-1-4-9-21/h1-15,17-18,25,32H,16,19-20H2. The van der Waals surface area contributed by atoms with Crippen molar-refractivity contribution < 1.29 is 19.2 Å². The predicted molar refractivity (Wildman–Crippen MR) is 138 cm³/mol. The number of carbonyl (C=O) groups is 1. The normalized spacial score (nSPS) is 11.9. The highest BCUT2D eigenvalue weighted by Crippen LogP contribution is 2.28. The SMILES string of the molecule is O=C(CON=Cc1cc(Br)ccc1O)N(Cc1ccccc1)C(Cc1ccccc1)c1ccco1. The molecule has 7 heteroatoms. The largest absolute Gasteiger partial charge is 0.507 e. The number of aromatic hydroxyl groups is 1. The Labute approximate surface area is 212 Å². The highest BCUT2D eigenvalue weighted by Gasteiger charge is 2.28. The fraction of sp³-hybridized carbons (Fsp3) is 0.143. The van der Waals surface area contributed by atoms with Gasteiger partial charge in [-0.1, -0.05) is 81.7 Å². The molecule has 0 aliphatic heterocycles. The summed E-state index contributed by atoms with van der Waals surface area (Å²) in [5.41, 5.74) is 2.56. The first-order valence-corrected chi connectivity index (χ1v) is 11.9. The van der Waals surface area contributed by atoms with E-state index in [2.05, 4.69) is 21.1 Å². The number of oxime groups is 1. The lowest BCUT2D eigenvalue weighted by atomic mass is 10.0. The molecule has 1 N–H and O–H groups in total. The molecule has 0 fully saturated rings. The highest BCUT2D eigenvalue weighted by molar-refractivity contribution is 9.10. The van der Waals surface area contributed by atoms with Crippen LogP contribution >= 0.6 is 15.9 Å². The summed E-state index contributed by atoms with van der Waals surface area (Å²) < 4.78 is 6.54. The number of furan rings is 1. The van der Waals surface area contributed by atoms with Gasteiger partial charge in [0.2, 0.25) is 0 Å². The van der Waals surface area contributed by atoms with Crippen LogP contribution in [-0.2, 0) is 22.6 Å². The van der Waals surface area contributed by atoms with Crippen molar-refractivity contribution in [2.45, 2.75) is 19.0 Å². The van der Waals surface area contributed by atoms with Gasteiger partial charge < -0.3 is 19.3 Å². The molecule has 0 spiro atoms. The topological polar surface area (TPSA) is 75.3 Å². The number of rotatable bonds is 10. The van der Waals surface area contributed by atoms with Gasteiger partial charge in [0.05, 0.1) is 18.5 Å². The Balaban J connectivity index is 1.55. The molecular weight excluding hydrogens is 508 g/mol. The van der Waals surface area contributed by atoms with Gasteiger partial charge in [0.25, 0.3) is 5.91 Å². The number of benzene rings is 3. The van der Waals surface area contributed by atoms with Crippen molar-refractivity contribution in [3.05, 3.63) is 124 Å². The second-order valence-corrected chi connectivity index (χ2v) is 8.85. The van der Waals surface area contributed by atoms with Crippen LogP contribution in [-0.4, -0.2) is 28.7 Å². The molecule has 1 aromatic heterocycles. The van der Waals surface area contributed by atoms with E-state index < -0.39 is 0 Å². The Kier molecular flexibility index (Phi) is 8.35. The Hall–Kier alpha value is -3.84. The van der Waals surface area contributed by atoms with E-state index in [9.17, 15) is 9.90 Å². The van der Waals surface area contributed by atoms with Gasteiger partial charge in [-0.15, -0.1) is 0 Å². The Morgan fingerprint density at radius 1 is 1.00 bits per heavy atom. The first kappa shape index (κ1) is 24.3. The van der Waals surface area contributed by atoms with Crippen molar-refractivity contribution in [1.82, 2.24) is 4.90 Å². The molecule has 0 saturated carbocycles. The average Bonchev–Trinajstić information content (AvgIpc) is 3.42. The van der Waals surface area contributed by atoms with Gasteiger partial charge in [0, 0.05) is 23.0 Å². The zero-order valence-corrected chi connectivity index (χ0v) is 20.5. The number of carbonyl (C=O) groups excluding carboxylic acids is 1. The Morgan fingerprint density at radius 2 is 1.71 bits per heavy atom. The summed E-state index contributed by atoms with van der Waals surface area (Å²) in [6.07, 6.45) is 3.58. The minimum atomic E-state index is -0.332. The highest BCUT2D eigenvalue weighted by atomic mass is 79.9. The van der Waals surface area contributed by atoms with Crippen LogP contribution in [0.15, 0.2) is 111 Å². The van der Waals surface area contributed by atoms with Crippen LogP contribution in [0.25, 0.3) is 0 Å². The monoisotopic (exact) mass is 532 g/mol. The van der Waals surface area contributed by atoms with E-state index in [0.29, 0.717) is 24.3 Å². The van der Waals surface area contributed by atoms with Gasteiger partial charge >= 0.3 is 0 Å². The second kappa shape index (κ2) is 12.0. The van der Waals surface area contributed by atoms with Gasteiger partial charge in [-0.05, 0) is 41.5 Å². The number of phenolic OH excluding ortho intramolecular Hbond substituents is 1. The lowest BCUT2D eigenvalue weighted by Gasteiger charge is -2.30. The van der Waals surface area contributed by atoms with E-state index in [-0.39, 0.29) is 24.3 Å². The first-order chi connectivity index (χ1) is 17.1. The molecule has 178 valence electrons. The number of halogens is 1. The maximum atomic E-state index is 13.4. The van der Waals surface area contributed by atoms with E-state index in [1.807, 2.05) is 72.8 Å². The number of phenols is 1. The Bertz CT molecular complexity index is 1240. The zero-order valence-electron chi connectivity index (χ0n) is 19.0. The molecule has 4 rings (SSSR count). The summed E-state index contributed by atoms with van der Waals surface area (Å²) >= 11 is 3.36. The van der Waals surface area contributed by atoms with Crippen molar-refractivity contribution in [1.29, 1.82) is 0 Å². The van der Waals surface area contributed by atoms with Crippen molar-refractivity contribution >= 4 is 28.1 Å². The number of hydrogen-bond donors (Lipinski definition) is 1. The molecule has 0 aliphatic carbocycles. The first-order valence-electron chi connectivity index (χ1n) is 11.1. The van der Waals surface area contributed by atoms with Crippen molar-refractivity contribution in [2.75, 3.05) is 6.61 Å². The fourth-order valence-electron chi connectivity index (χ4n) is 3.73. The quantitative estimate of drug-likeness (QED) is 0.197. The molecule has 3 aromatic carbocycles. The van der Waals surface area contributed by atoms with Crippen LogP contribution in [0.2, 0.25) is 0 Å². The van der Waals surface area contributed by atoms with Crippen LogP contribution in [0.3, 0.4) is 0 Å². The summed E-state index contributed by atoms with van der Waals surface area (Å²) in [5.74, 6) is 0.529. The maximum absolute atomic E-state index is 13.4. The summed E-state index contributed by atoms with van der Waals surface area (Å²) in [6, 6.07) is 28.2. The lowest BCUT2D eigenvalue weighted by Crippen LogP contribution is -2.37. The number of hydrogen-bond acceptors (Lipinski definition) is 5. The van der Waals surface area contributed by atoms with E-state index in [1.54, 1.807) is 29.4 Å². The van der Waals surface area contributed by atoms with Crippen LogP contribution in [0.5, 0.6) is 5.75 Å². The van der Waals surface area contributed by atoms with Gasteiger partial charge in [0.15, 0.2) is 6.61 Å². The molecule has 6 nitrogen and oxygen atoms in total. The van der Waals surface area contributed by atoms with Gasteiger partial charge in [-0.25, -0.2) is 0 Å². The summed E-state index contributed by atoms with van der Waals surface area (Å²) in [6.45, 7) is 0.126. The van der Waals surface area contributed by atoms with Gasteiger partial charge in [-0.3, -0.25) is 4.79 Å². The minimum Gasteiger partial charge on any atom is -0.507 e. The van der Waals surface area contributed by atoms with E-state index >= 15 is 0 Å². The van der Waals surface area contributed by atoms with Crippen molar-refractivity contribution in [3.8, 4) is 5.75 Å². The average molecular weight is 533 g/mol. The Morgan fingerprint density at radius 3 is 2.40 bits per heavy atom. The molecule has 0 radical (unpaired) electrons. The third kappa shape index (κ3) is 6.83. The molecular formula is C28H25BrN2O4. The summed E-state index contributed by atoms with van der Waals surface area (Å²) in [7, 11) is 0. The van der Waals surface area contributed by atoms with E-state index in [0.717, 1.165) is 15.6 Å². The molecule has 1 atom stereocenters. The molecule has 0 saturated heterocycles. The van der Waals surface area contributed by atoms with Crippen LogP contribution in [0.4, 0.5) is 0 Å². The smallest absolute Gasteiger partial charge is 0.264 e. The number of amides is 1. The predicted octanol–water partition coefficient (Wildman–Crippen LogP) is 6.11. The summed E-state index contributed by atoms with van der Waals surface area (Å²) in [5, 5.41) is 13.9. The van der Waals surface area contributed by atoms with Crippen molar-refractivity contribution in [2.24, 2.45) is 5.16 Å². The molecule has 4 aromatic rings. The molecule has 35 heavy (non-hydrogen) atoms. The minimum absolute atomic E-state index is 0.0679. The second-order valence-electron chi connectivity index (χ2n) is 7.94. The van der Waals surface area contributed by atoms with Crippen LogP contribution < -0.4 is 0 Å². The molecule has 0 aliphatic rings. The third-order valence-corrected chi connectivity index (χ3v) is 5.97. The zero-order chi connectivity index (χ0) is 24.5. The number of nitrogens with zero attached hydrogens (tertiary/aromatic N) is 2. The summed E-state index contributed by atoms with van der Waals surface area (Å²) in [4.78, 5) is 20.5.